The topological polar surface area (TPSA) is 37.4 Å². The van der Waals surface area contributed by atoms with E-state index < -0.39 is 0 Å². The number of piperazine rings is 1. The van der Waals surface area contributed by atoms with Crippen LogP contribution in [0.15, 0.2) is 6.20 Å². The van der Waals surface area contributed by atoms with Crippen molar-refractivity contribution in [3.63, 3.8) is 0 Å². The summed E-state index contributed by atoms with van der Waals surface area (Å²) in [5, 5.41) is 3.73. The average molecular weight is 289 g/mol. The first kappa shape index (κ1) is 14.8. The Balaban J connectivity index is 1.74. The lowest BCUT2D eigenvalue weighted by molar-refractivity contribution is 0.120. The first-order valence-corrected chi connectivity index (χ1v) is 8.00. The van der Waals surface area contributed by atoms with Gasteiger partial charge in [-0.25, -0.2) is 0 Å². The number of ether oxygens (including phenoxy) is 1. The van der Waals surface area contributed by atoms with Gasteiger partial charge in [0, 0.05) is 49.0 Å². The summed E-state index contributed by atoms with van der Waals surface area (Å²) in [6, 6.07) is 0. The van der Waals surface area contributed by atoms with Gasteiger partial charge in [0.1, 0.15) is 5.75 Å². The summed E-state index contributed by atoms with van der Waals surface area (Å²) in [6.45, 7) is 10.8. The Hall–Kier alpha value is -1.13. The number of nitrogens with one attached hydrogen (secondary N) is 1. The van der Waals surface area contributed by atoms with E-state index in [1.807, 2.05) is 6.20 Å². The van der Waals surface area contributed by atoms with E-state index in [0.717, 1.165) is 49.1 Å². The SMILES string of the molecule is COc1c(C)cnc(CN2CCNC(C)(C3CC3)C2)c1C. The lowest BCUT2D eigenvalue weighted by Gasteiger charge is -2.42. The Morgan fingerprint density at radius 1 is 1.43 bits per heavy atom. The third kappa shape index (κ3) is 2.92. The fraction of sp³-hybridized carbons (Fsp3) is 0.706. The van der Waals surface area contributed by atoms with Crippen LogP contribution in [0.25, 0.3) is 0 Å². The molecule has 1 aromatic rings. The van der Waals surface area contributed by atoms with Crippen molar-refractivity contribution < 1.29 is 4.74 Å². The molecule has 1 saturated carbocycles. The maximum absolute atomic E-state index is 5.52. The minimum absolute atomic E-state index is 0.293. The van der Waals surface area contributed by atoms with E-state index in [9.17, 15) is 0 Å². The predicted molar refractivity (Wildman–Crippen MR) is 84.7 cm³/mol. The minimum atomic E-state index is 0.293. The summed E-state index contributed by atoms with van der Waals surface area (Å²) in [5.74, 6) is 1.85. The number of methoxy groups -OCH3 is 1. The molecule has 1 atom stereocenters. The molecule has 21 heavy (non-hydrogen) atoms. The molecule has 3 rings (SSSR count). The van der Waals surface area contributed by atoms with E-state index in [1.54, 1.807) is 7.11 Å². The number of aromatic nitrogens is 1. The highest BCUT2D eigenvalue weighted by atomic mass is 16.5. The molecule has 1 aromatic heterocycles. The Bertz CT molecular complexity index is 527. The van der Waals surface area contributed by atoms with Crippen LogP contribution in [0.5, 0.6) is 5.75 Å². The van der Waals surface area contributed by atoms with Gasteiger partial charge in [-0.2, -0.15) is 0 Å². The van der Waals surface area contributed by atoms with Gasteiger partial charge in [-0.15, -0.1) is 0 Å². The Morgan fingerprint density at radius 2 is 2.19 bits per heavy atom. The highest BCUT2D eigenvalue weighted by molar-refractivity contribution is 5.41. The lowest BCUT2D eigenvalue weighted by Crippen LogP contribution is -2.59. The van der Waals surface area contributed by atoms with Crippen LogP contribution in [-0.4, -0.2) is 42.2 Å². The van der Waals surface area contributed by atoms with Crippen LogP contribution in [-0.2, 0) is 6.54 Å². The fourth-order valence-corrected chi connectivity index (χ4v) is 3.67. The van der Waals surface area contributed by atoms with Crippen LogP contribution >= 0.6 is 0 Å². The second-order valence-electron chi connectivity index (χ2n) is 6.88. The van der Waals surface area contributed by atoms with E-state index in [2.05, 4.69) is 36.0 Å². The molecular formula is C17H27N3O. The molecule has 0 spiro atoms. The van der Waals surface area contributed by atoms with Gasteiger partial charge in [0.05, 0.1) is 12.8 Å². The van der Waals surface area contributed by atoms with Crippen molar-refractivity contribution in [2.45, 2.75) is 45.7 Å². The summed E-state index contributed by atoms with van der Waals surface area (Å²) >= 11 is 0. The molecule has 2 heterocycles. The molecular weight excluding hydrogens is 262 g/mol. The van der Waals surface area contributed by atoms with Gasteiger partial charge in [-0.05, 0) is 39.5 Å². The van der Waals surface area contributed by atoms with Crippen molar-refractivity contribution in [2.24, 2.45) is 5.92 Å². The normalized spacial score (nSPS) is 26.9. The fourth-order valence-electron chi connectivity index (χ4n) is 3.67. The maximum Gasteiger partial charge on any atom is 0.128 e. The number of rotatable bonds is 4. The van der Waals surface area contributed by atoms with Gasteiger partial charge in [-0.1, -0.05) is 0 Å². The Labute approximate surface area is 127 Å². The van der Waals surface area contributed by atoms with Crippen molar-refractivity contribution in [1.82, 2.24) is 15.2 Å². The molecule has 4 nitrogen and oxygen atoms in total. The third-order valence-electron chi connectivity index (χ3n) is 5.11. The zero-order valence-corrected chi connectivity index (χ0v) is 13.7. The van der Waals surface area contributed by atoms with Crippen LogP contribution in [0.4, 0.5) is 0 Å². The standard InChI is InChI=1S/C17H27N3O/c1-12-9-18-15(13(2)16(12)21-4)10-20-8-7-19-17(3,11-20)14-5-6-14/h9,14,19H,5-8,10-11H2,1-4H3. The van der Waals surface area contributed by atoms with Gasteiger partial charge < -0.3 is 10.1 Å². The Morgan fingerprint density at radius 3 is 2.86 bits per heavy atom. The highest BCUT2D eigenvalue weighted by Gasteiger charge is 2.43. The summed E-state index contributed by atoms with van der Waals surface area (Å²) in [4.78, 5) is 7.19. The number of hydrogen-bond acceptors (Lipinski definition) is 4. The largest absolute Gasteiger partial charge is 0.496 e. The molecule has 2 fully saturated rings. The van der Waals surface area contributed by atoms with Gasteiger partial charge >= 0.3 is 0 Å². The van der Waals surface area contributed by atoms with Crippen LogP contribution in [0.2, 0.25) is 0 Å². The van der Waals surface area contributed by atoms with Crippen LogP contribution in [0, 0.1) is 19.8 Å². The van der Waals surface area contributed by atoms with Gasteiger partial charge in [-0.3, -0.25) is 9.88 Å². The summed E-state index contributed by atoms with van der Waals surface area (Å²) in [6.07, 6.45) is 4.70. The van der Waals surface area contributed by atoms with Crippen molar-refractivity contribution >= 4 is 0 Å². The lowest BCUT2D eigenvalue weighted by atomic mass is 9.92. The maximum atomic E-state index is 5.52. The molecule has 0 radical (unpaired) electrons. The van der Waals surface area contributed by atoms with Gasteiger partial charge in [0.2, 0.25) is 0 Å². The monoisotopic (exact) mass is 289 g/mol. The molecule has 0 amide bonds. The van der Waals surface area contributed by atoms with E-state index in [0.29, 0.717) is 5.54 Å². The van der Waals surface area contributed by atoms with Crippen LogP contribution in [0.1, 0.15) is 36.6 Å². The average Bonchev–Trinajstić information content (AvgIpc) is 3.28. The number of hydrogen-bond donors (Lipinski definition) is 1. The van der Waals surface area contributed by atoms with Crippen molar-refractivity contribution in [1.29, 1.82) is 0 Å². The second-order valence-corrected chi connectivity index (χ2v) is 6.88. The number of aryl methyl sites for hydroxylation is 1. The molecule has 0 bridgehead atoms. The smallest absolute Gasteiger partial charge is 0.128 e. The Kier molecular flexibility index (Phi) is 3.93. The first-order valence-electron chi connectivity index (χ1n) is 8.00. The third-order valence-corrected chi connectivity index (χ3v) is 5.11. The van der Waals surface area contributed by atoms with E-state index in [-0.39, 0.29) is 0 Å². The van der Waals surface area contributed by atoms with Crippen LogP contribution < -0.4 is 10.1 Å². The quantitative estimate of drug-likeness (QED) is 0.923. The van der Waals surface area contributed by atoms with E-state index in [1.165, 1.54) is 18.4 Å². The summed E-state index contributed by atoms with van der Waals surface area (Å²) in [7, 11) is 1.74. The zero-order valence-electron chi connectivity index (χ0n) is 13.7. The van der Waals surface area contributed by atoms with Crippen LogP contribution in [0.3, 0.4) is 0 Å². The molecule has 1 aliphatic heterocycles. The highest BCUT2D eigenvalue weighted by Crippen LogP contribution is 2.41. The summed E-state index contributed by atoms with van der Waals surface area (Å²) < 4.78 is 5.52. The molecule has 4 heteroatoms. The first-order chi connectivity index (χ1) is 10.0. The zero-order chi connectivity index (χ0) is 15.0. The second kappa shape index (κ2) is 5.58. The molecule has 2 aliphatic rings. The number of pyridine rings is 1. The van der Waals surface area contributed by atoms with Gasteiger partial charge in [0.25, 0.3) is 0 Å². The molecule has 1 N–H and O–H groups in total. The van der Waals surface area contributed by atoms with Gasteiger partial charge in [0.15, 0.2) is 0 Å². The van der Waals surface area contributed by atoms with E-state index >= 15 is 0 Å². The predicted octanol–water partition coefficient (Wildman–Crippen LogP) is 2.28. The number of nitrogens with zero attached hydrogens (tertiary/aromatic N) is 2. The van der Waals surface area contributed by atoms with E-state index in [4.69, 9.17) is 4.74 Å². The molecule has 1 unspecified atom stereocenters. The van der Waals surface area contributed by atoms with Crippen molar-refractivity contribution in [2.75, 3.05) is 26.7 Å². The van der Waals surface area contributed by atoms with Crippen molar-refractivity contribution in [3.8, 4) is 5.75 Å². The molecule has 1 aliphatic carbocycles. The molecule has 1 saturated heterocycles. The van der Waals surface area contributed by atoms with Crippen molar-refractivity contribution in [3.05, 3.63) is 23.0 Å². The molecule has 0 aromatic carbocycles. The summed E-state index contributed by atoms with van der Waals surface area (Å²) in [5.41, 5.74) is 3.74. The molecule has 116 valence electrons. The minimum Gasteiger partial charge on any atom is -0.496 e.